The van der Waals surface area contributed by atoms with Gasteiger partial charge in [-0.25, -0.2) is 0 Å². The Morgan fingerprint density at radius 2 is 1.87 bits per heavy atom. The zero-order valence-corrected chi connectivity index (χ0v) is 15.0. The molecule has 0 spiro atoms. The van der Waals surface area contributed by atoms with Crippen LogP contribution in [0.25, 0.3) is 0 Å². The number of nitrogens with one attached hydrogen (secondary N) is 1. The molecule has 122 valence electrons. The first-order chi connectivity index (χ1) is 11.1. The smallest absolute Gasteiger partial charge is 0.221 e. The summed E-state index contributed by atoms with van der Waals surface area (Å²) in [6, 6.07) is 16.8. The molecule has 0 saturated carbocycles. The normalized spacial score (nSPS) is 12.0. The van der Waals surface area contributed by atoms with Crippen molar-refractivity contribution in [3.8, 4) is 0 Å². The number of rotatable bonds is 7. The monoisotopic (exact) mass is 327 g/mol. The average Bonchev–Trinajstić information content (AvgIpc) is 2.54. The standard InChI is InChI=1S/C20H25NOS/c1-15-9-10-16(2)19(13-15)17(3)21-20(22)11-12-23-14-18-7-5-4-6-8-18/h4-10,13,17H,11-12,14H2,1-3H3,(H,21,22). The van der Waals surface area contributed by atoms with Gasteiger partial charge in [-0.1, -0.05) is 54.1 Å². The van der Waals surface area contributed by atoms with Gasteiger partial charge in [-0.15, -0.1) is 0 Å². The summed E-state index contributed by atoms with van der Waals surface area (Å²) in [6.07, 6.45) is 0.562. The summed E-state index contributed by atoms with van der Waals surface area (Å²) in [5.74, 6) is 1.93. The van der Waals surface area contributed by atoms with Crippen LogP contribution in [0.3, 0.4) is 0 Å². The summed E-state index contributed by atoms with van der Waals surface area (Å²) >= 11 is 1.80. The maximum atomic E-state index is 12.1. The quantitative estimate of drug-likeness (QED) is 0.740. The number of thioether (sulfide) groups is 1. The van der Waals surface area contributed by atoms with E-state index in [2.05, 4.69) is 68.6 Å². The minimum absolute atomic E-state index is 0.0570. The maximum absolute atomic E-state index is 12.1. The van der Waals surface area contributed by atoms with E-state index in [1.165, 1.54) is 22.3 Å². The number of aryl methyl sites for hydroxylation is 2. The van der Waals surface area contributed by atoms with Gasteiger partial charge in [-0.05, 0) is 37.5 Å². The van der Waals surface area contributed by atoms with Crippen LogP contribution in [-0.4, -0.2) is 11.7 Å². The predicted molar refractivity (Wildman–Crippen MR) is 99.7 cm³/mol. The van der Waals surface area contributed by atoms with Gasteiger partial charge in [0.05, 0.1) is 6.04 Å². The number of hydrogen-bond acceptors (Lipinski definition) is 2. The van der Waals surface area contributed by atoms with Gasteiger partial charge in [0, 0.05) is 17.9 Å². The van der Waals surface area contributed by atoms with Gasteiger partial charge in [0.25, 0.3) is 0 Å². The number of carbonyl (C=O) groups excluding carboxylic acids is 1. The fourth-order valence-corrected chi connectivity index (χ4v) is 3.45. The van der Waals surface area contributed by atoms with Gasteiger partial charge >= 0.3 is 0 Å². The van der Waals surface area contributed by atoms with E-state index < -0.39 is 0 Å². The number of amides is 1. The third-order valence-corrected chi connectivity index (χ3v) is 4.89. The molecule has 2 aromatic rings. The number of hydrogen-bond donors (Lipinski definition) is 1. The molecule has 0 bridgehead atoms. The first-order valence-electron chi connectivity index (χ1n) is 8.04. The van der Waals surface area contributed by atoms with Crippen LogP contribution in [-0.2, 0) is 10.5 Å². The molecule has 0 aromatic heterocycles. The van der Waals surface area contributed by atoms with E-state index in [1.807, 2.05) is 6.07 Å². The Balaban J connectivity index is 1.75. The van der Waals surface area contributed by atoms with Crippen molar-refractivity contribution in [3.63, 3.8) is 0 Å². The van der Waals surface area contributed by atoms with Crippen molar-refractivity contribution in [2.75, 3.05) is 5.75 Å². The molecule has 0 aliphatic rings. The molecular weight excluding hydrogens is 302 g/mol. The molecule has 0 aliphatic heterocycles. The van der Waals surface area contributed by atoms with Gasteiger partial charge in [0.15, 0.2) is 0 Å². The molecule has 2 nitrogen and oxygen atoms in total. The molecule has 0 saturated heterocycles. The maximum Gasteiger partial charge on any atom is 0.221 e. The molecule has 1 unspecified atom stereocenters. The lowest BCUT2D eigenvalue weighted by molar-refractivity contribution is -0.121. The third kappa shape index (κ3) is 5.76. The molecule has 0 radical (unpaired) electrons. The third-order valence-electron chi connectivity index (χ3n) is 3.86. The van der Waals surface area contributed by atoms with E-state index in [4.69, 9.17) is 0 Å². The zero-order valence-electron chi connectivity index (χ0n) is 14.1. The van der Waals surface area contributed by atoms with E-state index in [0.29, 0.717) is 6.42 Å². The highest BCUT2D eigenvalue weighted by atomic mass is 32.2. The summed E-state index contributed by atoms with van der Waals surface area (Å²) in [6.45, 7) is 6.22. The van der Waals surface area contributed by atoms with Crippen LogP contribution < -0.4 is 5.32 Å². The topological polar surface area (TPSA) is 29.1 Å². The van der Waals surface area contributed by atoms with Crippen molar-refractivity contribution in [2.45, 2.75) is 39.0 Å². The predicted octanol–water partition coefficient (Wildman–Crippen LogP) is 4.80. The highest BCUT2D eigenvalue weighted by molar-refractivity contribution is 7.98. The fraction of sp³-hybridized carbons (Fsp3) is 0.350. The molecule has 0 aliphatic carbocycles. The Hall–Kier alpha value is -1.74. The summed E-state index contributed by atoms with van der Waals surface area (Å²) in [5.41, 5.74) is 4.96. The van der Waals surface area contributed by atoms with E-state index >= 15 is 0 Å². The number of benzene rings is 2. The van der Waals surface area contributed by atoms with E-state index in [-0.39, 0.29) is 11.9 Å². The summed E-state index contributed by atoms with van der Waals surface area (Å²) in [4.78, 5) is 12.1. The van der Waals surface area contributed by atoms with Gasteiger partial charge < -0.3 is 5.32 Å². The highest BCUT2D eigenvalue weighted by Gasteiger charge is 2.11. The Morgan fingerprint density at radius 1 is 1.13 bits per heavy atom. The molecule has 1 atom stereocenters. The number of carbonyl (C=O) groups is 1. The molecule has 2 rings (SSSR count). The molecule has 0 fully saturated rings. The lowest BCUT2D eigenvalue weighted by Gasteiger charge is -2.17. The lowest BCUT2D eigenvalue weighted by atomic mass is 10.00. The Morgan fingerprint density at radius 3 is 2.61 bits per heavy atom. The fourth-order valence-electron chi connectivity index (χ4n) is 2.55. The molecule has 23 heavy (non-hydrogen) atoms. The van der Waals surface area contributed by atoms with Crippen molar-refractivity contribution < 1.29 is 4.79 Å². The van der Waals surface area contributed by atoms with E-state index in [9.17, 15) is 4.79 Å². The van der Waals surface area contributed by atoms with Crippen molar-refractivity contribution in [2.24, 2.45) is 0 Å². The summed E-state index contributed by atoms with van der Waals surface area (Å²) < 4.78 is 0. The second-order valence-corrected chi connectivity index (χ2v) is 7.04. The second kappa shape index (κ2) is 8.78. The van der Waals surface area contributed by atoms with Gasteiger partial charge in [0.1, 0.15) is 0 Å². The lowest BCUT2D eigenvalue weighted by Crippen LogP contribution is -2.27. The van der Waals surface area contributed by atoms with Gasteiger partial charge in [-0.3, -0.25) is 4.79 Å². The van der Waals surface area contributed by atoms with Crippen LogP contribution in [0.5, 0.6) is 0 Å². The molecular formula is C20H25NOS. The van der Waals surface area contributed by atoms with Crippen LogP contribution in [0.15, 0.2) is 48.5 Å². The molecule has 1 amide bonds. The first kappa shape index (κ1) is 17.6. The Bertz CT molecular complexity index is 639. The van der Waals surface area contributed by atoms with E-state index in [0.717, 1.165) is 11.5 Å². The molecule has 0 heterocycles. The van der Waals surface area contributed by atoms with Gasteiger partial charge in [-0.2, -0.15) is 11.8 Å². The second-order valence-electron chi connectivity index (χ2n) is 5.94. The minimum atomic E-state index is 0.0570. The summed E-state index contributed by atoms with van der Waals surface area (Å²) in [7, 11) is 0. The summed E-state index contributed by atoms with van der Waals surface area (Å²) in [5, 5.41) is 3.11. The van der Waals surface area contributed by atoms with Gasteiger partial charge in [0.2, 0.25) is 5.91 Å². The van der Waals surface area contributed by atoms with Crippen molar-refractivity contribution in [1.29, 1.82) is 0 Å². The molecule has 1 N–H and O–H groups in total. The highest BCUT2D eigenvalue weighted by Crippen LogP contribution is 2.19. The largest absolute Gasteiger partial charge is 0.350 e. The van der Waals surface area contributed by atoms with E-state index in [1.54, 1.807) is 11.8 Å². The van der Waals surface area contributed by atoms with Crippen LogP contribution in [0, 0.1) is 13.8 Å². The molecule has 2 aromatic carbocycles. The van der Waals surface area contributed by atoms with Crippen molar-refractivity contribution in [3.05, 3.63) is 70.8 Å². The zero-order chi connectivity index (χ0) is 16.7. The van der Waals surface area contributed by atoms with Crippen LogP contribution in [0.1, 0.15) is 41.6 Å². The Kier molecular flexibility index (Phi) is 6.72. The van der Waals surface area contributed by atoms with Crippen LogP contribution in [0.4, 0.5) is 0 Å². The van der Waals surface area contributed by atoms with Crippen molar-refractivity contribution >= 4 is 17.7 Å². The SMILES string of the molecule is Cc1ccc(C)c(C(C)NC(=O)CCSCc2ccccc2)c1. The first-order valence-corrected chi connectivity index (χ1v) is 9.20. The molecule has 3 heteroatoms. The van der Waals surface area contributed by atoms with Crippen LogP contribution in [0.2, 0.25) is 0 Å². The van der Waals surface area contributed by atoms with Crippen molar-refractivity contribution in [1.82, 2.24) is 5.32 Å². The Labute approximate surface area is 143 Å². The minimum Gasteiger partial charge on any atom is -0.350 e. The average molecular weight is 327 g/mol. The van der Waals surface area contributed by atoms with Crippen LogP contribution >= 0.6 is 11.8 Å².